The molecule has 1 N–H and O–H groups in total. The highest BCUT2D eigenvalue weighted by Gasteiger charge is 2.34. The van der Waals surface area contributed by atoms with Crippen molar-refractivity contribution in [2.75, 3.05) is 24.5 Å². The third-order valence-electron chi connectivity index (χ3n) is 4.30. The van der Waals surface area contributed by atoms with Crippen molar-refractivity contribution in [3.05, 3.63) is 29.8 Å². The lowest BCUT2D eigenvalue weighted by Gasteiger charge is -2.37. The number of para-hydroxylation sites is 1. The predicted octanol–water partition coefficient (Wildman–Crippen LogP) is 3.00. The SMILES string of the molecule is CC(C)c1ccccc1N1CCNC(C2CC2)C1. The minimum atomic E-state index is 0.607. The first kappa shape index (κ1) is 12.0. The summed E-state index contributed by atoms with van der Waals surface area (Å²) in [6.45, 7) is 8.05. The van der Waals surface area contributed by atoms with Crippen LogP contribution in [0.15, 0.2) is 24.3 Å². The van der Waals surface area contributed by atoms with E-state index < -0.39 is 0 Å². The summed E-state index contributed by atoms with van der Waals surface area (Å²) in [4.78, 5) is 2.59. The minimum Gasteiger partial charge on any atom is -0.368 e. The van der Waals surface area contributed by atoms with Crippen LogP contribution in [0.3, 0.4) is 0 Å². The van der Waals surface area contributed by atoms with Crippen LogP contribution in [0.25, 0.3) is 0 Å². The Hall–Kier alpha value is -1.02. The number of nitrogens with one attached hydrogen (secondary N) is 1. The largest absolute Gasteiger partial charge is 0.368 e. The molecule has 0 bridgehead atoms. The van der Waals surface area contributed by atoms with Crippen molar-refractivity contribution < 1.29 is 0 Å². The van der Waals surface area contributed by atoms with E-state index in [9.17, 15) is 0 Å². The van der Waals surface area contributed by atoms with Gasteiger partial charge in [0.2, 0.25) is 0 Å². The molecule has 1 aliphatic carbocycles. The zero-order chi connectivity index (χ0) is 12.5. The molecule has 3 rings (SSSR count). The number of benzene rings is 1. The van der Waals surface area contributed by atoms with Crippen LogP contribution in [0, 0.1) is 5.92 Å². The molecule has 2 nitrogen and oxygen atoms in total. The molecule has 1 heterocycles. The molecule has 1 unspecified atom stereocenters. The number of nitrogens with zero attached hydrogens (tertiary/aromatic N) is 1. The quantitative estimate of drug-likeness (QED) is 0.879. The maximum absolute atomic E-state index is 3.69. The molecule has 1 saturated heterocycles. The van der Waals surface area contributed by atoms with E-state index in [4.69, 9.17) is 0 Å². The molecule has 2 heteroatoms. The summed E-state index contributed by atoms with van der Waals surface area (Å²) in [6.07, 6.45) is 2.86. The van der Waals surface area contributed by atoms with Crippen LogP contribution in [-0.2, 0) is 0 Å². The monoisotopic (exact) mass is 244 g/mol. The van der Waals surface area contributed by atoms with Crippen molar-refractivity contribution in [3.63, 3.8) is 0 Å². The van der Waals surface area contributed by atoms with Crippen molar-refractivity contribution in [2.45, 2.75) is 38.6 Å². The van der Waals surface area contributed by atoms with Gasteiger partial charge in [-0.3, -0.25) is 0 Å². The minimum absolute atomic E-state index is 0.607. The Kier molecular flexibility index (Phi) is 3.29. The van der Waals surface area contributed by atoms with Gasteiger partial charge in [0.1, 0.15) is 0 Å². The van der Waals surface area contributed by atoms with Gasteiger partial charge in [-0.15, -0.1) is 0 Å². The Morgan fingerprint density at radius 1 is 1.22 bits per heavy atom. The molecule has 1 saturated carbocycles. The fourth-order valence-electron chi connectivity index (χ4n) is 3.08. The molecule has 0 aromatic heterocycles. The molecule has 1 atom stereocenters. The molecule has 2 fully saturated rings. The molecule has 0 spiro atoms. The zero-order valence-corrected chi connectivity index (χ0v) is 11.5. The van der Waals surface area contributed by atoms with Crippen LogP contribution in [0.5, 0.6) is 0 Å². The van der Waals surface area contributed by atoms with Crippen LogP contribution in [0.2, 0.25) is 0 Å². The maximum Gasteiger partial charge on any atom is 0.0402 e. The average Bonchev–Trinajstić information content (AvgIpc) is 3.23. The highest BCUT2D eigenvalue weighted by molar-refractivity contribution is 5.55. The van der Waals surface area contributed by atoms with Crippen molar-refractivity contribution in [2.24, 2.45) is 5.92 Å². The number of hydrogen-bond donors (Lipinski definition) is 1. The molecule has 1 aromatic carbocycles. The second-order valence-corrected chi connectivity index (χ2v) is 6.06. The van der Waals surface area contributed by atoms with E-state index in [1.807, 2.05) is 0 Å². The first-order valence-electron chi connectivity index (χ1n) is 7.33. The van der Waals surface area contributed by atoms with E-state index in [-0.39, 0.29) is 0 Å². The van der Waals surface area contributed by atoms with Gasteiger partial charge in [0.25, 0.3) is 0 Å². The Bertz CT molecular complexity index is 409. The van der Waals surface area contributed by atoms with Crippen LogP contribution < -0.4 is 10.2 Å². The average molecular weight is 244 g/mol. The molecule has 18 heavy (non-hydrogen) atoms. The zero-order valence-electron chi connectivity index (χ0n) is 11.5. The van der Waals surface area contributed by atoms with E-state index in [2.05, 4.69) is 48.3 Å². The summed E-state index contributed by atoms with van der Waals surface area (Å²) in [5.74, 6) is 1.55. The first-order chi connectivity index (χ1) is 8.75. The van der Waals surface area contributed by atoms with Gasteiger partial charge in [0.05, 0.1) is 0 Å². The molecular weight excluding hydrogens is 220 g/mol. The lowest BCUT2D eigenvalue weighted by molar-refractivity contribution is 0.418. The summed E-state index contributed by atoms with van der Waals surface area (Å²) in [5.41, 5.74) is 2.95. The fourth-order valence-corrected chi connectivity index (χ4v) is 3.08. The van der Waals surface area contributed by atoms with Crippen LogP contribution >= 0.6 is 0 Å². The number of piperazine rings is 1. The number of rotatable bonds is 3. The molecule has 98 valence electrons. The van der Waals surface area contributed by atoms with E-state index >= 15 is 0 Å². The van der Waals surface area contributed by atoms with E-state index in [0.717, 1.165) is 25.0 Å². The van der Waals surface area contributed by atoms with Gasteiger partial charge in [0, 0.05) is 31.4 Å². The van der Waals surface area contributed by atoms with Gasteiger partial charge >= 0.3 is 0 Å². The summed E-state index contributed by atoms with van der Waals surface area (Å²) >= 11 is 0. The van der Waals surface area contributed by atoms with Gasteiger partial charge in [0.15, 0.2) is 0 Å². The van der Waals surface area contributed by atoms with E-state index in [0.29, 0.717) is 5.92 Å². The summed E-state index contributed by atoms with van der Waals surface area (Å²) in [5, 5.41) is 3.69. The predicted molar refractivity (Wildman–Crippen MR) is 77.3 cm³/mol. The topological polar surface area (TPSA) is 15.3 Å². The Morgan fingerprint density at radius 3 is 2.72 bits per heavy atom. The van der Waals surface area contributed by atoms with Crippen LogP contribution in [0.4, 0.5) is 5.69 Å². The van der Waals surface area contributed by atoms with Crippen molar-refractivity contribution in [3.8, 4) is 0 Å². The fraction of sp³-hybridized carbons (Fsp3) is 0.625. The summed E-state index contributed by atoms with van der Waals surface area (Å²) in [7, 11) is 0. The second-order valence-electron chi connectivity index (χ2n) is 6.06. The highest BCUT2D eigenvalue weighted by atomic mass is 15.2. The lowest BCUT2D eigenvalue weighted by atomic mass is 9.99. The first-order valence-corrected chi connectivity index (χ1v) is 7.33. The molecule has 1 aromatic rings. The summed E-state index contributed by atoms with van der Waals surface area (Å²) in [6, 6.07) is 9.65. The lowest BCUT2D eigenvalue weighted by Crippen LogP contribution is -2.52. The smallest absolute Gasteiger partial charge is 0.0402 e. The van der Waals surface area contributed by atoms with Gasteiger partial charge < -0.3 is 10.2 Å². The van der Waals surface area contributed by atoms with Gasteiger partial charge in [-0.1, -0.05) is 32.0 Å². The van der Waals surface area contributed by atoms with E-state index in [1.165, 1.54) is 30.6 Å². The standard InChI is InChI=1S/C16H24N2/c1-12(2)14-5-3-4-6-16(14)18-10-9-17-15(11-18)13-7-8-13/h3-6,12-13,15,17H,7-11H2,1-2H3. The molecule has 2 aliphatic rings. The van der Waals surface area contributed by atoms with E-state index in [1.54, 1.807) is 0 Å². The van der Waals surface area contributed by atoms with Gasteiger partial charge in [-0.2, -0.15) is 0 Å². The molecular formula is C16H24N2. The van der Waals surface area contributed by atoms with Crippen LogP contribution in [-0.4, -0.2) is 25.7 Å². The second kappa shape index (κ2) is 4.93. The Morgan fingerprint density at radius 2 is 2.00 bits per heavy atom. The molecule has 0 radical (unpaired) electrons. The summed E-state index contributed by atoms with van der Waals surface area (Å²) < 4.78 is 0. The maximum atomic E-state index is 3.69. The highest BCUT2D eigenvalue weighted by Crippen LogP contribution is 2.35. The van der Waals surface area contributed by atoms with Gasteiger partial charge in [-0.25, -0.2) is 0 Å². The molecule has 0 amide bonds. The van der Waals surface area contributed by atoms with Crippen LogP contribution in [0.1, 0.15) is 38.2 Å². The van der Waals surface area contributed by atoms with Gasteiger partial charge in [-0.05, 0) is 36.3 Å². The third kappa shape index (κ3) is 2.39. The van der Waals surface area contributed by atoms with Crippen molar-refractivity contribution in [1.29, 1.82) is 0 Å². The Labute approximate surface area is 110 Å². The molecule has 1 aliphatic heterocycles. The number of anilines is 1. The van der Waals surface area contributed by atoms with Crippen molar-refractivity contribution in [1.82, 2.24) is 5.32 Å². The van der Waals surface area contributed by atoms with Crippen molar-refractivity contribution >= 4 is 5.69 Å². The Balaban J connectivity index is 1.80. The normalized spacial score (nSPS) is 24.6. The third-order valence-corrected chi connectivity index (χ3v) is 4.30. The number of hydrogen-bond acceptors (Lipinski definition) is 2.